The van der Waals surface area contributed by atoms with Crippen LogP contribution < -0.4 is 5.32 Å². The highest BCUT2D eigenvalue weighted by molar-refractivity contribution is 5.27. The van der Waals surface area contributed by atoms with Crippen molar-refractivity contribution in [2.24, 2.45) is 0 Å². The Labute approximate surface area is 106 Å². The average molecular weight is 243 g/mol. The maximum absolute atomic E-state index is 4.43. The Hall–Kier alpha value is -1.75. The molecule has 1 N–H and O–H groups in total. The van der Waals surface area contributed by atoms with Crippen LogP contribution in [-0.2, 0) is 6.42 Å². The number of benzene rings is 1. The smallest absolute Gasteiger partial charge is 0.176 e. The average Bonchev–Trinajstić information content (AvgIpc) is 2.89. The van der Waals surface area contributed by atoms with Gasteiger partial charge < -0.3 is 5.32 Å². The number of piperidine rings is 1. The SMILES string of the molecule is c1ccc(-n2nnc(CC3CCCCN3)n2)cc1. The molecular formula is C13H17N5. The number of aromatic nitrogens is 4. The van der Waals surface area contributed by atoms with Gasteiger partial charge in [0.1, 0.15) is 0 Å². The molecule has 2 aromatic rings. The summed E-state index contributed by atoms with van der Waals surface area (Å²) < 4.78 is 0. The van der Waals surface area contributed by atoms with Crippen molar-refractivity contribution in [3.63, 3.8) is 0 Å². The summed E-state index contributed by atoms with van der Waals surface area (Å²) in [5.74, 6) is 0.818. The van der Waals surface area contributed by atoms with Crippen LogP contribution in [0.1, 0.15) is 25.1 Å². The molecule has 5 heteroatoms. The van der Waals surface area contributed by atoms with E-state index in [4.69, 9.17) is 0 Å². The summed E-state index contributed by atoms with van der Waals surface area (Å²) in [7, 11) is 0. The van der Waals surface area contributed by atoms with Crippen molar-refractivity contribution in [3.05, 3.63) is 36.2 Å². The quantitative estimate of drug-likeness (QED) is 0.884. The number of para-hydroxylation sites is 1. The Morgan fingerprint density at radius 2 is 2.11 bits per heavy atom. The van der Waals surface area contributed by atoms with Gasteiger partial charge in [0, 0.05) is 12.5 Å². The predicted octanol–water partition coefficient (Wildman–Crippen LogP) is 1.35. The van der Waals surface area contributed by atoms with E-state index in [0.29, 0.717) is 6.04 Å². The molecule has 1 aromatic heterocycles. The summed E-state index contributed by atoms with van der Waals surface area (Å²) in [4.78, 5) is 1.60. The van der Waals surface area contributed by atoms with Crippen LogP contribution in [0.25, 0.3) is 5.69 Å². The van der Waals surface area contributed by atoms with Crippen molar-refractivity contribution < 1.29 is 0 Å². The normalized spacial score (nSPS) is 19.9. The minimum Gasteiger partial charge on any atom is -0.314 e. The van der Waals surface area contributed by atoms with Crippen molar-refractivity contribution >= 4 is 0 Å². The number of nitrogens with zero attached hydrogens (tertiary/aromatic N) is 4. The lowest BCUT2D eigenvalue weighted by Crippen LogP contribution is -2.35. The zero-order chi connectivity index (χ0) is 12.2. The molecule has 1 fully saturated rings. The van der Waals surface area contributed by atoms with E-state index < -0.39 is 0 Å². The number of hydrogen-bond acceptors (Lipinski definition) is 4. The van der Waals surface area contributed by atoms with E-state index in [9.17, 15) is 0 Å². The van der Waals surface area contributed by atoms with E-state index >= 15 is 0 Å². The Morgan fingerprint density at radius 1 is 1.22 bits per heavy atom. The zero-order valence-corrected chi connectivity index (χ0v) is 10.3. The summed E-state index contributed by atoms with van der Waals surface area (Å²) in [6.45, 7) is 1.11. The first-order valence-electron chi connectivity index (χ1n) is 6.49. The molecule has 2 heterocycles. The van der Waals surface area contributed by atoms with Crippen molar-refractivity contribution in [2.75, 3.05) is 6.54 Å². The molecule has 1 aliphatic heterocycles. The summed E-state index contributed by atoms with van der Waals surface area (Å²) in [5, 5.41) is 16.2. The van der Waals surface area contributed by atoms with Gasteiger partial charge in [-0.15, -0.1) is 15.0 Å². The first-order valence-corrected chi connectivity index (χ1v) is 6.49. The summed E-state index contributed by atoms with van der Waals surface area (Å²) in [6, 6.07) is 10.4. The van der Waals surface area contributed by atoms with Crippen LogP contribution in [0.3, 0.4) is 0 Å². The molecule has 94 valence electrons. The molecule has 1 unspecified atom stereocenters. The highest BCUT2D eigenvalue weighted by atomic mass is 15.6. The van der Waals surface area contributed by atoms with E-state index in [1.54, 1.807) is 4.80 Å². The standard InChI is InChI=1S/C13H17N5/c1-2-7-12(8-3-1)18-16-13(15-17-18)10-11-6-4-5-9-14-11/h1-3,7-8,11,14H,4-6,9-10H2. The molecular weight excluding hydrogens is 226 g/mol. The minimum absolute atomic E-state index is 0.507. The fourth-order valence-electron chi connectivity index (χ4n) is 2.31. The van der Waals surface area contributed by atoms with Gasteiger partial charge >= 0.3 is 0 Å². The number of nitrogens with one attached hydrogen (secondary N) is 1. The molecule has 0 amide bonds. The van der Waals surface area contributed by atoms with Crippen molar-refractivity contribution in [1.29, 1.82) is 0 Å². The monoisotopic (exact) mass is 243 g/mol. The molecule has 0 bridgehead atoms. The van der Waals surface area contributed by atoms with Gasteiger partial charge in [0.05, 0.1) is 5.69 Å². The van der Waals surface area contributed by atoms with Crippen LogP contribution in [0, 0.1) is 0 Å². The van der Waals surface area contributed by atoms with Gasteiger partial charge in [0.15, 0.2) is 5.82 Å². The van der Waals surface area contributed by atoms with Gasteiger partial charge in [-0.25, -0.2) is 0 Å². The second kappa shape index (κ2) is 5.27. The zero-order valence-electron chi connectivity index (χ0n) is 10.3. The molecule has 3 rings (SSSR count). The fourth-order valence-corrected chi connectivity index (χ4v) is 2.31. The van der Waals surface area contributed by atoms with Crippen LogP contribution in [0.5, 0.6) is 0 Å². The second-order valence-electron chi connectivity index (χ2n) is 4.68. The van der Waals surface area contributed by atoms with Gasteiger partial charge in [-0.2, -0.15) is 0 Å². The molecule has 1 aliphatic rings. The maximum atomic E-state index is 4.43. The Bertz CT molecular complexity index is 487. The fraction of sp³-hybridized carbons (Fsp3) is 0.462. The van der Waals surface area contributed by atoms with Crippen LogP contribution in [0.2, 0.25) is 0 Å². The van der Waals surface area contributed by atoms with Gasteiger partial charge in [-0.1, -0.05) is 24.6 Å². The third-order valence-corrected chi connectivity index (χ3v) is 3.28. The van der Waals surface area contributed by atoms with Crippen molar-refractivity contribution in [3.8, 4) is 5.69 Å². The van der Waals surface area contributed by atoms with Crippen LogP contribution >= 0.6 is 0 Å². The third kappa shape index (κ3) is 2.56. The Balaban J connectivity index is 1.69. The molecule has 0 aliphatic carbocycles. The summed E-state index contributed by atoms with van der Waals surface area (Å²) in [5.41, 5.74) is 0.952. The van der Waals surface area contributed by atoms with Gasteiger partial charge in [-0.05, 0) is 36.7 Å². The Morgan fingerprint density at radius 3 is 2.89 bits per heavy atom. The van der Waals surface area contributed by atoms with Crippen molar-refractivity contribution in [2.45, 2.75) is 31.7 Å². The maximum Gasteiger partial charge on any atom is 0.176 e. The van der Waals surface area contributed by atoms with Gasteiger partial charge in [0.2, 0.25) is 0 Å². The van der Waals surface area contributed by atoms with Crippen LogP contribution in [-0.4, -0.2) is 32.8 Å². The lowest BCUT2D eigenvalue weighted by atomic mass is 10.0. The second-order valence-corrected chi connectivity index (χ2v) is 4.68. The van der Waals surface area contributed by atoms with E-state index in [1.165, 1.54) is 19.3 Å². The lowest BCUT2D eigenvalue weighted by molar-refractivity contribution is 0.394. The molecule has 5 nitrogen and oxygen atoms in total. The number of rotatable bonds is 3. The number of tetrazole rings is 1. The molecule has 1 aromatic carbocycles. The highest BCUT2D eigenvalue weighted by Crippen LogP contribution is 2.10. The van der Waals surface area contributed by atoms with E-state index in [2.05, 4.69) is 20.7 Å². The first kappa shape index (κ1) is 11.3. The first-order chi connectivity index (χ1) is 8.92. The molecule has 0 saturated carbocycles. The summed E-state index contributed by atoms with van der Waals surface area (Å²) >= 11 is 0. The molecule has 18 heavy (non-hydrogen) atoms. The summed E-state index contributed by atoms with van der Waals surface area (Å²) in [6.07, 6.45) is 4.65. The topological polar surface area (TPSA) is 55.6 Å². The number of hydrogen-bond donors (Lipinski definition) is 1. The highest BCUT2D eigenvalue weighted by Gasteiger charge is 2.15. The molecule has 1 atom stereocenters. The van der Waals surface area contributed by atoms with E-state index in [1.807, 2.05) is 30.3 Å². The van der Waals surface area contributed by atoms with Crippen LogP contribution in [0.4, 0.5) is 0 Å². The minimum atomic E-state index is 0.507. The Kier molecular flexibility index (Phi) is 3.32. The van der Waals surface area contributed by atoms with Gasteiger partial charge in [-0.3, -0.25) is 0 Å². The van der Waals surface area contributed by atoms with E-state index in [-0.39, 0.29) is 0 Å². The molecule has 1 saturated heterocycles. The molecule has 0 spiro atoms. The van der Waals surface area contributed by atoms with Gasteiger partial charge in [0.25, 0.3) is 0 Å². The van der Waals surface area contributed by atoms with Crippen LogP contribution in [0.15, 0.2) is 30.3 Å². The third-order valence-electron chi connectivity index (χ3n) is 3.28. The van der Waals surface area contributed by atoms with E-state index in [0.717, 1.165) is 24.5 Å². The lowest BCUT2D eigenvalue weighted by Gasteiger charge is -2.21. The molecule has 0 radical (unpaired) electrons. The largest absolute Gasteiger partial charge is 0.314 e. The predicted molar refractivity (Wildman–Crippen MR) is 68.5 cm³/mol. The van der Waals surface area contributed by atoms with Crippen molar-refractivity contribution in [1.82, 2.24) is 25.5 Å².